The molecule has 0 N–H and O–H groups in total. The Kier molecular flexibility index (Phi) is 6.25. The Balaban J connectivity index is 1.53. The van der Waals surface area contributed by atoms with Crippen LogP contribution in [0.25, 0.3) is 0 Å². The van der Waals surface area contributed by atoms with Gasteiger partial charge in [-0.05, 0) is 56.9 Å². The van der Waals surface area contributed by atoms with E-state index in [2.05, 4.69) is 11.8 Å². The Morgan fingerprint density at radius 3 is 2.50 bits per heavy atom. The molecule has 2 heterocycles. The monoisotopic (exact) mass is 361 g/mol. The molecule has 1 aromatic rings. The van der Waals surface area contributed by atoms with Crippen molar-refractivity contribution in [3.63, 3.8) is 0 Å². The van der Waals surface area contributed by atoms with Crippen LogP contribution in [0.15, 0.2) is 24.3 Å². The SMILES string of the molecule is CC1CCCCN1C(=O)CN1CCCN(C(=O)c2ccc(F)cc2)CC1. The molecule has 6 heteroatoms. The first-order valence-corrected chi connectivity index (χ1v) is 9.61. The van der Waals surface area contributed by atoms with Gasteiger partial charge in [0, 0.05) is 44.3 Å². The second-order valence-electron chi connectivity index (χ2n) is 7.36. The number of hydrogen-bond acceptors (Lipinski definition) is 3. The van der Waals surface area contributed by atoms with E-state index in [1.54, 1.807) is 4.90 Å². The van der Waals surface area contributed by atoms with Crippen molar-refractivity contribution in [2.45, 2.75) is 38.6 Å². The molecule has 3 rings (SSSR count). The molecule has 5 nitrogen and oxygen atoms in total. The molecule has 0 bridgehead atoms. The zero-order valence-electron chi connectivity index (χ0n) is 15.5. The molecule has 1 atom stereocenters. The molecule has 2 aliphatic heterocycles. The summed E-state index contributed by atoms with van der Waals surface area (Å²) in [6.45, 7) is 6.20. The van der Waals surface area contributed by atoms with E-state index in [0.717, 1.165) is 32.4 Å². The number of nitrogens with zero attached hydrogens (tertiary/aromatic N) is 3. The number of piperidine rings is 1. The lowest BCUT2D eigenvalue weighted by atomic mass is 10.0. The molecule has 142 valence electrons. The van der Waals surface area contributed by atoms with Crippen molar-refractivity contribution >= 4 is 11.8 Å². The van der Waals surface area contributed by atoms with Crippen LogP contribution in [0.5, 0.6) is 0 Å². The molecule has 1 aromatic carbocycles. The van der Waals surface area contributed by atoms with E-state index in [0.29, 0.717) is 37.8 Å². The first-order chi connectivity index (χ1) is 12.5. The quantitative estimate of drug-likeness (QED) is 0.830. The van der Waals surface area contributed by atoms with Crippen LogP contribution in [0.1, 0.15) is 43.0 Å². The van der Waals surface area contributed by atoms with E-state index in [1.807, 2.05) is 4.90 Å². The van der Waals surface area contributed by atoms with Gasteiger partial charge in [-0.2, -0.15) is 0 Å². The number of likely N-dealkylation sites (tertiary alicyclic amines) is 1. The average Bonchev–Trinajstić information content (AvgIpc) is 2.87. The molecular formula is C20H28FN3O2. The van der Waals surface area contributed by atoms with Crippen molar-refractivity contribution in [2.24, 2.45) is 0 Å². The number of benzene rings is 1. The third-order valence-corrected chi connectivity index (χ3v) is 5.45. The lowest BCUT2D eigenvalue weighted by molar-refractivity contribution is -0.135. The van der Waals surface area contributed by atoms with Gasteiger partial charge in [0.15, 0.2) is 0 Å². The lowest BCUT2D eigenvalue weighted by Crippen LogP contribution is -2.47. The zero-order valence-corrected chi connectivity index (χ0v) is 15.5. The maximum atomic E-state index is 13.0. The highest BCUT2D eigenvalue weighted by molar-refractivity contribution is 5.94. The molecule has 0 saturated carbocycles. The summed E-state index contributed by atoms with van der Waals surface area (Å²) in [5.41, 5.74) is 0.512. The fourth-order valence-corrected chi connectivity index (χ4v) is 3.86. The molecule has 1 unspecified atom stereocenters. The molecule has 0 aliphatic carbocycles. The largest absolute Gasteiger partial charge is 0.339 e. The maximum absolute atomic E-state index is 13.0. The normalized spacial score (nSPS) is 22.2. The van der Waals surface area contributed by atoms with Gasteiger partial charge in [-0.25, -0.2) is 4.39 Å². The number of hydrogen-bond donors (Lipinski definition) is 0. The highest BCUT2D eigenvalue weighted by Gasteiger charge is 2.26. The van der Waals surface area contributed by atoms with E-state index >= 15 is 0 Å². The van der Waals surface area contributed by atoms with E-state index in [4.69, 9.17) is 0 Å². The second-order valence-corrected chi connectivity index (χ2v) is 7.36. The van der Waals surface area contributed by atoms with Gasteiger partial charge < -0.3 is 9.80 Å². The lowest BCUT2D eigenvalue weighted by Gasteiger charge is -2.35. The molecule has 26 heavy (non-hydrogen) atoms. The predicted octanol–water partition coefficient (Wildman–Crippen LogP) is 2.37. The van der Waals surface area contributed by atoms with E-state index in [-0.39, 0.29) is 17.6 Å². The smallest absolute Gasteiger partial charge is 0.253 e. The first kappa shape index (κ1) is 18.8. The highest BCUT2D eigenvalue weighted by Crippen LogP contribution is 2.17. The van der Waals surface area contributed by atoms with Crippen molar-refractivity contribution in [3.05, 3.63) is 35.6 Å². The molecule has 0 radical (unpaired) electrons. The second kappa shape index (κ2) is 8.62. The third kappa shape index (κ3) is 4.61. The molecule has 2 fully saturated rings. The number of amides is 2. The molecule has 0 spiro atoms. The summed E-state index contributed by atoms with van der Waals surface area (Å²) in [5.74, 6) is -0.201. The Hall–Kier alpha value is -1.95. The Labute approximate surface area is 154 Å². The average molecular weight is 361 g/mol. The van der Waals surface area contributed by atoms with Crippen LogP contribution in [-0.2, 0) is 4.79 Å². The number of carbonyl (C=O) groups excluding carboxylic acids is 2. The summed E-state index contributed by atoms with van der Waals surface area (Å²) in [5, 5.41) is 0. The molecule has 2 amide bonds. The summed E-state index contributed by atoms with van der Waals surface area (Å²) >= 11 is 0. The van der Waals surface area contributed by atoms with Crippen LogP contribution in [0, 0.1) is 5.82 Å². The predicted molar refractivity (Wildman–Crippen MR) is 98.4 cm³/mol. The summed E-state index contributed by atoms with van der Waals surface area (Å²) < 4.78 is 13.0. The van der Waals surface area contributed by atoms with Gasteiger partial charge in [0.25, 0.3) is 5.91 Å². The first-order valence-electron chi connectivity index (χ1n) is 9.61. The van der Waals surface area contributed by atoms with Crippen molar-refractivity contribution in [1.82, 2.24) is 14.7 Å². The summed E-state index contributed by atoms with van der Waals surface area (Å²) in [4.78, 5) is 31.2. The van der Waals surface area contributed by atoms with E-state index in [1.165, 1.54) is 30.7 Å². The minimum absolute atomic E-state index is 0.0668. The fraction of sp³-hybridized carbons (Fsp3) is 0.600. The standard InChI is InChI=1S/C20H28FN3O2/c1-16-5-2-3-12-24(16)19(25)15-22-10-4-11-23(14-13-22)20(26)17-6-8-18(21)9-7-17/h6-9,16H,2-5,10-15H2,1H3. The van der Waals surface area contributed by atoms with Gasteiger partial charge in [0.05, 0.1) is 6.54 Å². The number of rotatable bonds is 3. The Morgan fingerprint density at radius 2 is 1.77 bits per heavy atom. The van der Waals surface area contributed by atoms with Crippen molar-refractivity contribution in [3.8, 4) is 0 Å². The van der Waals surface area contributed by atoms with Crippen LogP contribution < -0.4 is 0 Å². The molecule has 2 saturated heterocycles. The van der Waals surface area contributed by atoms with Crippen LogP contribution in [0.4, 0.5) is 4.39 Å². The zero-order chi connectivity index (χ0) is 18.5. The fourth-order valence-electron chi connectivity index (χ4n) is 3.86. The Bertz CT molecular complexity index is 634. The third-order valence-electron chi connectivity index (χ3n) is 5.45. The minimum Gasteiger partial charge on any atom is -0.339 e. The van der Waals surface area contributed by atoms with Crippen molar-refractivity contribution in [1.29, 1.82) is 0 Å². The van der Waals surface area contributed by atoms with Crippen LogP contribution >= 0.6 is 0 Å². The van der Waals surface area contributed by atoms with Crippen molar-refractivity contribution < 1.29 is 14.0 Å². The van der Waals surface area contributed by atoms with Gasteiger partial charge in [0.2, 0.25) is 5.91 Å². The summed E-state index contributed by atoms with van der Waals surface area (Å²) in [6.07, 6.45) is 4.23. The van der Waals surface area contributed by atoms with E-state index in [9.17, 15) is 14.0 Å². The van der Waals surface area contributed by atoms with Crippen LogP contribution in [-0.4, -0.2) is 71.8 Å². The maximum Gasteiger partial charge on any atom is 0.253 e. The van der Waals surface area contributed by atoms with Crippen molar-refractivity contribution in [2.75, 3.05) is 39.3 Å². The van der Waals surface area contributed by atoms with Gasteiger partial charge >= 0.3 is 0 Å². The number of halogens is 1. The van der Waals surface area contributed by atoms with Crippen LogP contribution in [0.3, 0.4) is 0 Å². The molecular weight excluding hydrogens is 333 g/mol. The van der Waals surface area contributed by atoms with Gasteiger partial charge in [-0.1, -0.05) is 0 Å². The summed E-state index contributed by atoms with van der Waals surface area (Å²) in [7, 11) is 0. The topological polar surface area (TPSA) is 43.9 Å². The highest BCUT2D eigenvalue weighted by atomic mass is 19.1. The number of carbonyl (C=O) groups is 2. The van der Waals surface area contributed by atoms with E-state index < -0.39 is 0 Å². The minimum atomic E-state index is -0.339. The van der Waals surface area contributed by atoms with Crippen LogP contribution in [0.2, 0.25) is 0 Å². The van der Waals surface area contributed by atoms with Gasteiger partial charge in [-0.3, -0.25) is 14.5 Å². The van der Waals surface area contributed by atoms with Gasteiger partial charge in [-0.15, -0.1) is 0 Å². The summed E-state index contributed by atoms with van der Waals surface area (Å²) in [6, 6.07) is 6.02. The Morgan fingerprint density at radius 1 is 1.00 bits per heavy atom. The van der Waals surface area contributed by atoms with Gasteiger partial charge in [0.1, 0.15) is 5.82 Å². The molecule has 0 aromatic heterocycles. The molecule has 2 aliphatic rings.